The number of imidazole rings is 1. The molecule has 1 aliphatic heterocycles. The molecule has 0 amide bonds. The Labute approximate surface area is 105 Å². The minimum Gasteiger partial charge on any atom is -0.365 e. The first-order valence-corrected chi connectivity index (χ1v) is 6.17. The second-order valence-electron chi connectivity index (χ2n) is 4.13. The van der Waals surface area contributed by atoms with Crippen molar-refractivity contribution < 1.29 is 4.74 Å². The van der Waals surface area contributed by atoms with Gasteiger partial charge in [0.1, 0.15) is 6.10 Å². The number of halogens is 1. The first-order chi connectivity index (χ1) is 8.38. The van der Waals surface area contributed by atoms with Crippen LogP contribution in [0.15, 0.2) is 36.7 Å². The fourth-order valence-electron chi connectivity index (χ4n) is 2.16. The Kier molecular flexibility index (Phi) is 2.87. The van der Waals surface area contributed by atoms with E-state index in [0.717, 1.165) is 17.9 Å². The molecule has 4 heteroatoms. The van der Waals surface area contributed by atoms with Crippen molar-refractivity contribution in [3.63, 3.8) is 0 Å². The predicted molar refractivity (Wildman–Crippen MR) is 65.8 cm³/mol. The summed E-state index contributed by atoms with van der Waals surface area (Å²) in [6.45, 7) is 1.39. The number of hydrogen-bond acceptors (Lipinski definition) is 2. The molecule has 2 heterocycles. The minimum atomic E-state index is 0.112. The lowest BCUT2D eigenvalue weighted by Gasteiger charge is -2.25. The summed E-state index contributed by atoms with van der Waals surface area (Å²) >= 11 is 5.83. The molecular weight excluding hydrogens is 236 g/mol. The first kappa shape index (κ1) is 10.8. The van der Waals surface area contributed by atoms with Crippen LogP contribution in [-0.2, 0) is 23.8 Å². The van der Waals surface area contributed by atoms with Crippen LogP contribution in [0.5, 0.6) is 0 Å². The summed E-state index contributed by atoms with van der Waals surface area (Å²) in [4.78, 5) is 4.30. The lowest BCUT2D eigenvalue weighted by Crippen LogP contribution is -2.20. The van der Waals surface area contributed by atoms with Gasteiger partial charge in [0.2, 0.25) is 0 Å². The zero-order chi connectivity index (χ0) is 11.7. The van der Waals surface area contributed by atoms with Gasteiger partial charge in [-0.2, -0.15) is 0 Å². The average molecular weight is 249 g/mol. The molecule has 17 heavy (non-hydrogen) atoms. The smallest absolute Gasteiger partial charge is 0.101 e. The van der Waals surface area contributed by atoms with Crippen molar-refractivity contribution in [1.29, 1.82) is 0 Å². The number of rotatable bonds is 2. The molecule has 0 aliphatic carbocycles. The topological polar surface area (TPSA) is 27.1 Å². The van der Waals surface area contributed by atoms with E-state index in [0.29, 0.717) is 12.5 Å². The highest BCUT2D eigenvalue weighted by Crippen LogP contribution is 2.27. The van der Waals surface area contributed by atoms with Crippen LogP contribution in [0.1, 0.15) is 23.1 Å². The number of hydrogen-bond donors (Lipinski definition) is 0. The number of ether oxygens (including phenoxy) is 1. The SMILES string of the molecule is ClCc1ncn2c1CO[C@@H](c1ccccc1)C2. The van der Waals surface area contributed by atoms with Gasteiger partial charge in [0, 0.05) is 0 Å². The van der Waals surface area contributed by atoms with Gasteiger partial charge in [-0.3, -0.25) is 0 Å². The van der Waals surface area contributed by atoms with E-state index < -0.39 is 0 Å². The predicted octanol–water partition coefficient (Wildman–Crippen LogP) is 2.89. The first-order valence-electron chi connectivity index (χ1n) is 5.64. The van der Waals surface area contributed by atoms with Crippen LogP contribution in [-0.4, -0.2) is 9.55 Å². The molecule has 1 aliphatic rings. The molecule has 0 radical (unpaired) electrons. The Morgan fingerprint density at radius 2 is 2.18 bits per heavy atom. The molecule has 0 saturated heterocycles. The number of benzene rings is 1. The third-order valence-electron chi connectivity index (χ3n) is 3.11. The summed E-state index contributed by atoms with van der Waals surface area (Å²) in [6.07, 6.45) is 1.96. The van der Waals surface area contributed by atoms with Gasteiger partial charge >= 0.3 is 0 Å². The van der Waals surface area contributed by atoms with Crippen molar-refractivity contribution in [3.05, 3.63) is 53.6 Å². The highest BCUT2D eigenvalue weighted by molar-refractivity contribution is 6.16. The minimum absolute atomic E-state index is 0.112. The maximum Gasteiger partial charge on any atom is 0.101 e. The van der Waals surface area contributed by atoms with Gasteiger partial charge in [0.25, 0.3) is 0 Å². The third kappa shape index (κ3) is 1.96. The Balaban J connectivity index is 1.86. The summed E-state index contributed by atoms with van der Waals surface area (Å²) in [5, 5.41) is 0. The quantitative estimate of drug-likeness (QED) is 0.764. The van der Waals surface area contributed by atoms with Crippen LogP contribution in [0.3, 0.4) is 0 Å². The summed E-state index contributed by atoms with van der Waals surface area (Å²) in [6, 6.07) is 10.3. The van der Waals surface area contributed by atoms with Gasteiger partial charge in [0.15, 0.2) is 0 Å². The second kappa shape index (κ2) is 4.51. The fourth-order valence-corrected chi connectivity index (χ4v) is 2.39. The fraction of sp³-hybridized carbons (Fsp3) is 0.308. The van der Waals surface area contributed by atoms with E-state index >= 15 is 0 Å². The van der Waals surface area contributed by atoms with Crippen molar-refractivity contribution in [2.75, 3.05) is 0 Å². The monoisotopic (exact) mass is 248 g/mol. The molecule has 0 spiro atoms. The van der Waals surface area contributed by atoms with Gasteiger partial charge in [-0.05, 0) is 5.56 Å². The molecule has 1 aromatic heterocycles. The Morgan fingerprint density at radius 3 is 2.94 bits per heavy atom. The van der Waals surface area contributed by atoms with E-state index in [9.17, 15) is 0 Å². The van der Waals surface area contributed by atoms with Crippen molar-refractivity contribution in [2.45, 2.75) is 25.1 Å². The van der Waals surface area contributed by atoms with Gasteiger partial charge in [-0.25, -0.2) is 4.98 Å². The molecule has 0 unspecified atom stereocenters. The Hall–Kier alpha value is -1.32. The van der Waals surface area contributed by atoms with Crippen LogP contribution in [0.25, 0.3) is 0 Å². The highest BCUT2D eigenvalue weighted by Gasteiger charge is 2.22. The summed E-state index contributed by atoms with van der Waals surface area (Å²) in [5.41, 5.74) is 3.24. The van der Waals surface area contributed by atoms with Crippen LogP contribution >= 0.6 is 11.6 Å². The Bertz CT molecular complexity index is 509. The zero-order valence-electron chi connectivity index (χ0n) is 9.34. The molecule has 1 atom stereocenters. The number of nitrogens with zero attached hydrogens (tertiary/aromatic N) is 2. The van der Waals surface area contributed by atoms with Gasteiger partial charge in [-0.15, -0.1) is 11.6 Å². The van der Waals surface area contributed by atoms with E-state index in [4.69, 9.17) is 16.3 Å². The number of alkyl halides is 1. The largest absolute Gasteiger partial charge is 0.365 e. The van der Waals surface area contributed by atoms with E-state index in [1.807, 2.05) is 24.5 Å². The van der Waals surface area contributed by atoms with Gasteiger partial charge < -0.3 is 9.30 Å². The lowest BCUT2D eigenvalue weighted by molar-refractivity contribution is 0.00267. The van der Waals surface area contributed by atoms with Gasteiger partial charge in [0.05, 0.1) is 36.7 Å². The third-order valence-corrected chi connectivity index (χ3v) is 3.37. The maximum atomic E-state index is 5.87. The Morgan fingerprint density at radius 1 is 1.35 bits per heavy atom. The summed E-state index contributed by atoms with van der Waals surface area (Å²) in [5.74, 6) is 0.446. The molecule has 88 valence electrons. The lowest BCUT2D eigenvalue weighted by atomic mass is 10.1. The van der Waals surface area contributed by atoms with Gasteiger partial charge in [-0.1, -0.05) is 30.3 Å². The molecular formula is C13H13ClN2O. The van der Waals surface area contributed by atoms with Crippen molar-refractivity contribution in [3.8, 4) is 0 Å². The van der Waals surface area contributed by atoms with E-state index in [-0.39, 0.29) is 6.10 Å². The number of fused-ring (bicyclic) bond motifs is 1. The van der Waals surface area contributed by atoms with Crippen molar-refractivity contribution in [2.24, 2.45) is 0 Å². The van der Waals surface area contributed by atoms with E-state index in [2.05, 4.69) is 21.7 Å². The highest BCUT2D eigenvalue weighted by atomic mass is 35.5. The normalized spacial score (nSPS) is 19.0. The molecule has 0 N–H and O–H groups in total. The molecule has 3 nitrogen and oxygen atoms in total. The van der Waals surface area contributed by atoms with E-state index in [1.54, 1.807) is 0 Å². The second-order valence-corrected chi connectivity index (χ2v) is 4.40. The standard InChI is InChI=1S/C13H13ClN2O/c14-6-11-12-8-17-13(7-16(12)9-15-11)10-4-2-1-3-5-10/h1-5,9,13H,6-8H2/t13-/m1/s1. The maximum absolute atomic E-state index is 5.87. The van der Waals surface area contributed by atoms with Crippen molar-refractivity contribution >= 4 is 11.6 Å². The zero-order valence-corrected chi connectivity index (χ0v) is 10.1. The summed E-state index contributed by atoms with van der Waals surface area (Å²) < 4.78 is 8.01. The van der Waals surface area contributed by atoms with Crippen LogP contribution in [0.4, 0.5) is 0 Å². The van der Waals surface area contributed by atoms with Crippen molar-refractivity contribution in [1.82, 2.24) is 9.55 Å². The van der Waals surface area contributed by atoms with Crippen LogP contribution in [0.2, 0.25) is 0 Å². The summed E-state index contributed by atoms with van der Waals surface area (Å²) in [7, 11) is 0. The van der Waals surface area contributed by atoms with Crippen LogP contribution < -0.4 is 0 Å². The van der Waals surface area contributed by atoms with Crippen LogP contribution in [0, 0.1) is 0 Å². The molecule has 3 rings (SSSR count). The molecule has 0 fully saturated rings. The molecule has 2 aromatic rings. The molecule has 1 aromatic carbocycles. The van der Waals surface area contributed by atoms with E-state index in [1.165, 1.54) is 5.56 Å². The number of aromatic nitrogens is 2. The molecule has 0 bridgehead atoms. The molecule has 0 saturated carbocycles. The average Bonchev–Trinajstić information content (AvgIpc) is 2.81.